The summed E-state index contributed by atoms with van der Waals surface area (Å²) < 4.78 is 0. The molecular weight excluding hydrogens is 166 g/mol. The maximum atomic E-state index is 10.5. The van der Waals surface area contributed by atoms with Crippen LogP contribution in [0.25, 0.3) is 0 Å². The van der Waals surface area contributed by atoms with Gasteiger partial charge in [0, 0.05) is 19.0 Å². The third kappa shape index (κ3) is 3.35. The first-order valence-electron chi connectivity index (χ1n) is 5.05. The van der Waals surface area contributed by atoms with E-state index in [4.69, 9.17) is 5.11 Å². The molecule has 0 aromatic carbocycles. The van der Waals surface area contributed by atoms with Gasteiger partial charge < -0.3 is 10.0 Å². The smallest absolute Gasteiger partial charge is 0.303 e. The molecule has 1 heterocycles. The molecule has 3 nitrogen and oxygen atoms in total. The van der Waals surface area contributed by atoms with Crippen LogP contribution in [0.2, 0.25) is 0 Å². The first kappa shape index (κ1) is 10.5. The molecule has 1 aliphatic heterocycles. The van der Waals surface area contributed by atoms with Crippen LogP contribution >= 0.6 is 0 Å². The number of hydrogen-bond donors (Lipinski definition) is 1. The lowest BCUT2D eigenvalue weighted by molar-refractivity contribution is -0.138. The largest absolute Gasteiger partial charge is 0.481 e. The van der Waals surface area contributed by atoms with E-state index in [0.29, 0.717) is 18.4 Å². The van der Waals surface area contributed by atoms with E-state index in [-0.39, 0.29) is 0 Å². The molecule has 1 aliphatic rings. The Labute approximate surface area is 79.7 Å². The first-order valence-corrected chi connectivity index (χ1v) is 5.05. The van der Waals surface area contributed by atoms with Gasteiger partial charge in [-0.25, -0.2) is 0 Å². The van der Waals surface area contributed by atoms with Crippen LogP contribution in [-0.2, 0) is 4.79 Å². The van der Waals surface area contributed by atoms with E-state index in [9.17, 15) is 4.79 Å². The third-order valence-electron chi connectivity index (χ3n) is 2.74. The first-order chi connectivity index (χ1) is 6.09. The normalized spacial score (nSPS) is 25.0. The molecule has 0 spiro atoms. The van der Waals surface area contributed by atoms with Crippen LogP contribution < -0.4 is 0 Å². The molecule has 0 unspecified atom stereocenters. The molecule has 13 heavy (non-hydrogen) atoms. The average molecular weight is 185 g/mol. The molecule has 3 heteroatoms. The quantitative estimate of drug-likeness (QED) is 0.725. The molecule has 0 saturated carbocycles. The Morgan fingerprint density at radius 1 is 1.62 bits per heavy atom. The highest BCUT2D eigenvalue weighted by atomic mass is 16.4. The Hall–Kier alpha value is -0.570. The van der Waals surface area contributed by atoms with Gasteiger partial charge in [0.15, 0.2) is 0 Å². The summed E-state index contributed by atoms with van der Waals surface area (Å²) in [5.41, 5.74) is 0. The molecule has 0 amide bonds. The number of carboxylic acids is 1. The molecular formula is C10H19NO2. The monoisotopic (exact) mass is 185 g/mol. The average Bonchev–Trinajstić information content (AvgIpc) is 2.03. The number of carbonyl (C=O) groups is 1. The van der Waals surface area contributed by atoms with E-state index in [1.54, 1.807) is 0 Å². The summed E-state index contributed by atoms with van der Waals surface area (Å²) in [6, 6.07) is 0.552. The van der Waals surface area contributed by atoms with Crippen LogP contribution in [0.15, 0.2) is 0 Å². The minimum Gasteiger partial charge on any atom is -0.481 e. The lowest BCUT2D eigenvalue weighted by Gasteiger charge is -2.34. The number of hydrogen-bond acceptors (Lipinski definition) is 2. The second-order valence-electron chi connectivity index (χ2n) is 4.19. The SMILES string of the molecule is CC(C)N1CCC[C@@H](CC(=O)O)C1. The maximum absolute atomic E-state index is 10.5. The Kier molecular flexibility index (Phi) is 3.72. The van der Waals surface area contributed by atoms with Crippen molar-refractivity contribution < 1.29 is 9.90 Å². The van der Waals surface area contributed by atoms with Crippen molar-refractivity contribution in [2.45, 2.75) is 39.2 Å². The van der Waals surface area contributed by atoms with Crippen molar-refractivity contribution >= 4 is 5.97 Å². The highest BCUT2D eigenvalue weighted by Gasteiger charge is 2.23. The number of nitrogens with zero attached hydrogens (tertiary/aromatic N) is 1. The molecule has 0 radical (unpaired) electrons. The van der Waals surface area contributed by atoms with Crippen molar-refractivity contribution in [2.24, 2.45) is 5.92 Å². The predicted molar refractivity (Wildman–Crippen MR) is 51.7 cm³/mol. The summed E-state index contributed by atoms with van der Waals surface area (Å²) in [6.45, 7) is 6.43. The molecule has 1 atom stereocenters. The Morgan fingerprint density at radius 3 is 2.85 bits per heavy atom. The highest BCUT2D eigenvalue weighted by Crippen LogP contribution is 2.20. The van der Waals surface area contributed by atoms with Gasteiger partial charge in [0.2, 0.25) is 0 Å². The highest BCUT2D eigenvalue weighted by molar-refractivity contribution is 5.67. The van der Waals surface area contributed by atoms with Gasteiger partial charge in [-0.3, -0.25) is 4.79 Å². The molecule has 1 N–H and O–H groups in total. The zero-order chi connectivity index (χ0) is 9.84. The summed E-state index contributed by atoms with van der Waals surface area (Å²) in [6.07, 6.45) is 2.56. The Balaban J connectivity index is 2.37. The van der Waals surface area contributed by atoms with Crippen molar-refractivity contribution in [2.75, 3.05) is 13.1 Å². The van der Waals surface area contributed by atoms with Gasteiger partial charge in [-0.15, -0.1) is 0 Å². The minimum absolute atomic E-state index is 0.337. The van der Waals surface area contributed by atoms with E-state index >= 15 is 0 Å². The molecule has 0 bridgehead atoms. The zero-order valence-electron chi connectivity index (χ0n) is 8.49. The second-order valence-corrected chi connectivity index (χ2v) is 4.19. The van der Waals surface area contributed by atoms with Crippen molar-refractivity contribution in [3.8, 4) is 0 Å². The van der Waals surface area contributed by atoms with Gasteiger partial charge in [0.1, 0.15) is 0 Å². The van der Waals surface area contributed by atoms with E-state index in [1.165, 1.54) is 0 Å². The van der Waals surface area contributed by atoms with Crippen LogP contribution in [0.3, 0.4) is 0 Å². The van der Waals surface area contributed by atoms with Crippen molar-refractivity contribution in [1.29, 1.82) is 0 Å². The van der Waals surface area contributed by atoms with Crippen molar-refractivity contribution in [3.05, 3.63) is 0 Å². The fourth-order valence-corrected chi connectivity index (χ4v) is 1.98. The fourth-order valence-electron chi connectivity index (χ4n) is 1.98. The molecule has 1 saturated heterocycles. The summed E-state index contributed by atoms with van der Waals surface area (Å²) in [7, 11) is 0. The number of rotatable bonds is 3. The van der Waals surface area contributed by atoms with E-state index in [1.807, 2.05) is 0 Å². The molecule has 1 rings (SSSR count). The van der Waals surface area contributed by atoms with Crippen LogP contribution in [0.5, 0.6) is 0 Å². The van der Waals surface area contributed by atoms with Crippen molar-refractivity contribution in [3.63, 3.8) is 0 Å². The van der Waals surface area contributed by atoms with Crippen LogP contribution in [0.4, 0.5) is 0 Å². The van der Waals surface area contributed by atoms with Gasteiger partial charge in [0.05, 0.1) is 0 Å². The molecule has 0 aromatic rings. The van der Waals surface area contributed by atoms with E-state index in [2.05, 4.69) is 18.7 Å². The summed E-state index contributed by atoms with van der Waals surface area (Å²) in [5.74, 6) is -0.288. The lowest BCUT2D eigenvalue weighted by atomic mass is 9.94. The fraction of sp³-hybridized carbons (Fsp3) is 0.900. The molecule has 1 fully saturated rings. The molecule has 76 valence electrons. The number of aliphatic carboxylic acids is 1. The van der Waals surface area contributed by atoms with Crippen LogP contribution in [0, 0.1) is 5.92 Å². The number of piperidine rings is 1. The summed E-state index contributed by atoms with van der Waals surface area (Å²) in [4.78, 5) is 12.9. The van der Waals surface area contributed by atoms with Gasteiger partial charge in [-0.05, 0) is 39.2 Å². The number of likely N-dealkylation sites (tertiary alicyclic amines) is 1. The van der Waals surface area contributed by atoms with Crippen LogP contribution in [-0.4, -0.2) is 35.1 Å². The maximum Gasteiger partial charge on any atom is 0.303 e. The topological polar surface area (TPSA) is 40.5 Å². The van der Waals surface area contributed by atoms with Crippen LogP contribution in [0.1, 0.15) is 33.1 Å². The summed E-state index contributed by atoms with van der Waals surface area (Å²) in [5, 5.41) is 8.67. The Bertz CT molecular complexity index is 180. The van der Waals surface area contributed by atoms with E-state index in [0.717, 1.165) is 25.9 Å². The minimum atomic E-state index is -0.657. The van der Waals surface area contributed by atoms with Gasteiger partial charge >= 0.3 is 5.97 Å². The molecule has 0 aromatic heterocycles. The standard InChI is InChI=1S/C10H19NO2/c1-8(2)11-5-3-4-9(7-11)6-10(12)13/h8-9H,3-7H2,1-2H3,(H,12,13)/t9-/m0/s1. The Morgan fingerprint density at radius 2 is 2.31 bits per heavy atom. The predicted octanol–water partition coefficient (Wildman–Crippen LogP) is 1.58. The summed E-state index contributed by atoms with van der Waals surface area (Å²) >= 11 is 0. The third-order valence-corrected chi connectivity index (χ3v) is 2.74. The second kappa shape index (κ2) is 4.61. The lowest BCUT2D eigenvalue weighted by Crippen LogP contribution is -2.40. The zero-order valence-corrected chi connectivity index (χ0v) is 8.49. The van der Waals surface area contributed by atoms with Gasteiger partial charge in [-0.1, -0.05) is 0 Å². The van der Waals surface area contributed by atoms with Gasteiger partial charge in [0.25, 0.3) is 0 Å². The van der Waals surface area contributed by atoms with Gasteiger partial charge in [-0.2, -0.15) is 0 Å². The molecule has 0 aliphatic carbocycles. The number of carboxylic acid groups (broad SMARTS) is 1. The van der Waals surface area contributed by atoms with Crippen molar-refractivity contribution in [1.82, 2.24) is 4.90 Å². The van der Waals surface area contributed by atoms with E-state index < -0.39 is 5.97 Å².